The number of carbonyl (C=O) groups is 3. The van der Waals surface area contributed by atoms with Crippen molar-refractivity contribution in [1.82, 2.24) is 0 Å². The summed E-state index contributed by atoms with van der Waals surface area (Å²) in [4.78, 5) is 41.8. The van der Waals surface area contributed by atoms with Crippen LogP contribution in [-0.2, 0) is 33.2 Å². The summed E-state index contributed by atoms with van der Waals surface area (Å²) >= 11 is 6.88. The van der Waals surface area contributed by atoms with E-state index in [0.717, 1.165) is 22.9 Å². The number of ether oxygens (including phenoxy) is 6. The fourth-order valence-electron chi connectivity index (χ4n) is 9.48. The van der Waals surface area contributed by atoms with Crippen LogP contribution in [0, 0.1) is 23.7 Å². The van der Waals surface area contributed by atoms with Gasteiger partial charge < -0.3 is 33.5 Å². The normalized spacial score (nSPS) is 37.2. The van der Waals surface area contributed by atoms with Crippen molar-refractivity contribution in [3.8, 4) is 0 Å². The number of hydrogen-bond donors (Lipinski definition) is 1. The Morgan fingerprint density at radius 1 is 0.950 bits per heavy atom. The number of benzene rings is 2. The lowest BCUT2D eigenvalue weighted by Crippen LogP contribution is -2.59. The number of aliphatic hydroxyl groups is 1. The van der Waals surface area contributed by atoms with E-state index in [1.807, 2.05) is 32.1 Å². The minimum Gasteiger partial charge on any atom is -0.462 e. The Kier molecular flexibility index (Phi) is 13.8. The van der Waals surface area contributed by atoms with Gasteiger partial charge in [0.05, 0.1) is 29.9 Å². The van der Waals surface area contributed by atoms with E-state index in [1.54, 1.807) is 61.5 Å². The Morgan fingerprint density at radius 3 is 2.27 bits per heavy atom. The minimum atomic E-state index is -1.92. The summed E-state index contributed by atoms with van der Waals surface area (Å²) in [6.07, 6.45) is 9.08. The van der Waals surface area contributed by atoms with Crippen molar-refractivity contribution < 1.29 is 47.9 Å². The maximum atomic E-state index is 14.6. The molecular formula is C48H56Br2O10. The zero-order valence-corrected chi connectivity index (χ0v) is 38.3. The van der Waals surface area contributed by atoms with Gasteiger partial charge in [0.1, 0.15) is 29.8 Å². The van der Waals surface area contributed by atoms with Gasteiger partial charge in [-0.15, -0.1) is 0 Å². The first-order valence-corrected chi connectivity index (χ1v) is 22.7. The van der Waals surface area contributed by atoms with Crippen LogP contribution in [0.3, 0.4) is 0 Å². The topological polar surface area (TPSA) is 127 Å². The van der Waals surface area contributed by atoms with E-state index in [-0.39, 0.29) is 24.7 Å². The van der Waals surface area contributed by atoms with Crippen molar-refractivity contribution in [2.24, 2.45) is 23.7 Å². The number of rotatable bonds is 6. The van der Waals surface area contributed by atoms with Gasteiger partial charge in [-0.1, -0.05) is 108 Å². The van der Waals surface area contributed by atoms with E-state index in [2.05, 4.69) is 58.7 Å². The molecule has 2 aromatic carbocycles. The number of fused-ring (bicyclic) bond motifs is 2. The van der Waals surface area contributed by atoms with Gasteiger partial charge in [0.15, 0.2) is 11.9 Å². The first-order chi connectivity index (χ1) is 28.6. The van der Waals surface area contributed by atoms with Gasteiger partial charge in [-0.2, -0.15) is 0 Å². The van der Waals surface area contributed by atoms with Crippen LogP contribution in [0.25, 0.3) is 0 Å². The monoisotopic (exact) mass is 950 g/mol. The number of allylic oxidation sites excluding steroid dienone is 2. The molecule has 0 saturated carbocycles. The number of carbonyl (C=O) groups excluding carboxylic acids is 3. The highest BCUT2D eigenvalue weighted by Gasteiger charge is 2.61. The van der Waals surface area contributed by atoms with Crippen LogP contribution < -0.4 is 0 Å². The van der Waals surface area contributed by atoms with Gasteiger partial charge in [-0.25, -0.2) is 9.59 Å². The molecule has 60 heavy (non-hydrogen) atoms. The first kappa shape index (κ1) is 44.7. The van der Waals surface area contributed by atoms with Crippen LogP contribution in [0.15, 0.2) is 105 Å². The second-order valence-corrected chi connectivity index (χ2v) is 19.2. The molecule has 12 heteroatoms. The van der Waals surface area contributed by atoms with Crippen LogP contribution in [0.2, 0.25) is 0 Å². The molecule has 7 rings (SSSR count). The maximum Gasteiger partial charge on any atom is 0.338 e. The Morgan fingerprint density at radius 2 is 1.62 bits per heavy atom. The molecule has 1 spiro atoms. The van der Waals surface area contributed by atoms with E-state index in [9.17, 15) is 19.5 Å². The average Bonchev–Trinajstić information content (AvgIpc) is 3.56. The molecule has 0 unspecified atom stereocenters. The molecule has 10 nitrogen and oxygen atoms in total. The lowest BCUT2D eigenvalue weighted by atomic mass is 9.70. The van der Waals surface area contributed by atoms with Gasteiger partial charge in [0.2, 0.25) is 0 Å². The zero-order valence-electron chi connectivity index (χ0n) is 35.1. The molecule has 2 bridgehead atoms. The van der Waals surface area contributed by atoms with Crippen molar-refractivity contribution >= 4 is 49.8 Å². The molecule has 5 aliphatic rings. The Hall–Kier alpha value is -3.39. The van der Waals surface area contributed by atoms with E-state index in [0.29, 0.717) is 64.3 Å². The van der Waals surface area contributed by atoms with Gasteiger partial charge in [0, 0.05) is 34.1 Å². The summed E-state index contributed by atoms with van der Waals surface area (Å²) in [6.45, 7) is 12.2. The minimum absolute atomic E-state index is 0.0264. The summed E-state index contributed by atoms with van der Waals surface area (Å²) in [5.41, 5.74) is 0.650. The number of hydrogen-bond acceptors (Lipinski definition) is 10. The standard InChI is InChI=1S/C48H56Br2O10/c1-7-27(2)41-30(5)19-20-47(60-41)25-38-24-37(59-47)18-17-29(4)40(57-44(51)32-12-9-15-35(49)22-32)28(3)11-8-14-34-26-55-43-42(58-45(52)33-13-10-16-36(50)23-33)31(6)21-39(46(53)56-38)48(34,43)54/h8-17,21-23,27-28,30,37-43,54H,7,18-20,24-26H2,1-6H3/b11-8+,29-17+,34-14+/t27-,28-,30-,37+,38-,39-,40-,41+,42+,43+,47+,48+/m0/s1. The van der Waals surface area contributed by atoms with Gasteiger partial charge >= 0.3 is 17.9 Å². The highest BCUT2D eigenvalue weighted by atomic mass is 79.9. The molecule has 2 aromatic rings. The molecule has 4 aliphatic heterocycles. The van der Waals surface area contributed by atoms with E-state index < -0.39 is 59.6 Å². The SMILES string of the molecule is CC[C@H](C)[C@H]1O[C@]2(CC[C@@H]1C)C[C@@H]1C[C@@H](C/C=C(\C)[C@@H](OC(=O)c3cccc(Br)c3)[C@@H](C)/C=C/C=C3\CO[C@@H]4[C@H](OC(=O)c5cccc(Br)c5)C(C)=C[C@@H](C(=O)O1)[C@]34O)O2. The van der Waals surface area contributed by atoms with Crippen LogP contribution in [0.4, 0.5) is 0 Å². The largest absolute Gasteiger partial charge is 0.462 e. The first-order valence-electron chi connectivity index (χ1n) is 21.2. The molecule has 1 N–H and O–H groups in total. The summed E-state index contributed by atoms with van der Waals surface area (Å²) in [7, 11) is 0. The van der Waals surface area contributed by atoms with Crippen LogP contribution in [0.5, 0.6) is 0 Å². The lowest BCUT2D eigenvalue weighted by Gasteiger charge is -2.51. The van der Waals surface area contributed by atoms with Crippen molar-refractivity contribution in [1.29, 1.82) is 0 Å². The smallest absolute Gasteiger partial charge is 0.338 e. The van der Waals surface area contributed by atoms with Gasteiger partial charge in [-0.05, 0) is 91.6 Å². The molecule has 0 radical (unpaired) electrons. The quantitative estimate of drug-likeness (QED) is 0.170. The second-order valence-electron chi connectivity index (χ2n) is 17.4. The molecule has 0 aromatic heterocycles. The fraction of sp³-hybridized carbons (Fsp3) is 0.521. The molecule has 12 atom stereocenters. The average molecular weight is 953 g/mol. The Bertz CT molecular complexity index is 2070. The zero-order chi connectivity index (χ0) is 42.9. The molecule has 4 heterocycles. The maximum absolute atomic E-state index is 14.6. The molecular weight excluding hydrogens is 896 g/mol. The molecule has 3 saturated heterocycles. The van der Waals surface area contributed by atoms with E-state index in [1.165, 1.54) is 0 Å². The van der Waals surface area contributed by atoms with Crippen LogP contribution in [0.1, 0.15) is 101 Å². The fourth-order valence-corrected chi connectivity index (χ4v) is 10.3. The van der Waals surface area contributed by atoms with Crippen LogP contribution >= 0.6 is 31.9 Å². The van der Waals surface area contributed by atoms with Crippen molar-refractivity contribution in [2.45, 2.75) is 128 Å². The van der Waals surface area contributed by atoms with Crippen molar-refractivity contribution in [3.63, 3.8) is 0 Å². The number of halogens is 2. The van der Waals surface area contributed by atoms with Gasteiger partial charge in [0.25, 0.3) is 0 Å². The lowest BCUT2D eigenvalue weighted by molar-refractivity contribution is -0.340. The highest BCUT2D eigenvalue weighted by Crippen LogP contribution is 2.48. The molecule has 0 amide bonds. The summed E-state index contributed by atoms with van der Waals surface area (Å²) in [5.74, 6) is -3.49. The Labute approximate surface area is 370 Å². The predicted octanol–water partition coefficient (Wildman–Crippen LogP) is 9.79. The van der Waals surface area contributed by atoms with Crippen molar-refractivity contribution in [2.75, 3.05) is 6.61 Å². The highest BCUT2D eigenvalue weighted by molar-refractivity contribution is 9.10. The molecule has 3 fully saturated rings. The second kappa shape index (κ2) is 18.5. The molecule has 1 aliphatic carbocycles. The number of esters is 3. The van der Waals surface area contributed by atoms with E-state index >= 15 is 0 Å². The molecule has 322 valence electrons. The Balaban J connectivity index is 1.28. The predicted molar refractivity (Wildman–Crippen MR) is 233 cm³/mol. The third kappa shape index (κ3) is 9.34. The third-order valence-electron chi connectivity index (χ3n) is 13.0. The van der Waals surface area contributed by atoms with E-state index in [4.69, 9.17) is 28.4 Å². The van der Waals surface area contributed by atoms with Crippen molar-refractivity contribution in [3.05, 3.63) is 116 Å². The summed E-state index contributed by atoms with van der Waals surface area (Å²) in [5, 5.41) is 12.9. The summed E-state index contributed by atoms with van der Waals surface area (Å²) in [6, 6.07) is 14.0. The van der Waals surface area contributed by atoms with Gasteiger partial charge in [-0.3, -0.25) is 4.79 Å². The third-order valence-corrected chi connectivity index (χ3v) is 14.0. The van der Waals surface area contributed by atoms with Crippen LogP contribution in [-0.4, -0.2) is 77.6 Å². The summed E-state index contributed by atoms with van der Waals surface area (Å²) < 4.78 is 40.5.